The number of carboxylic acids is 1. The molecule has 0 saturated heterocycles. The molecular formula is C25H41N5O5S2. The number of nitrogens with one attached hydrogen (secondary N) is 3. The number of thioether (sulfide) groups is 2. The summed E-state index contributed by atoms with van der Waals surface area (Å²) in [6.07, 6.45) is 6.41. The van der Waals surface area contributed by atoms with E-state index >= 15 is 0 Å². The van der Waals surface area contributed by atoms with Crippen molar-refractivity contribution in [2.24, 2.45) is 11.5 Å². The quantitative estimate of drug-likeness (QED) is 0.134. The molecule has 4 atom stereocenters. The molecule has 0 spiro atoms. The number of hydrogen-bond acceptors (Lipinski definition) is 8. The van der Waals surface area contributed by atoms with Crippen LogP contribution in [-0.2, 0) is 25.6 Å². The van der Waals surface area contributed by atoms with Crippen molar-refractivity contribution in [2.45, 2.75) is 62.7 Å². The Bertz CT molecular complexity index is 846. The zero-order valence-corrected chi connectivity index (χ0v) is 23.2. The Labute approximate surface area is 227 Å². The van der Waals surface area contributed by atoms with Crippen LogP contribution in [0.25, 0.3) is 0 Å². The number of carbonyl (C=O) groups is 4. The van der Waals surface area contributed by atoms with E-state index in [9.17, 15) is 24.3 Å². The molecule has 10 nitrogen and oxygen atoms in total. The molecular weight excluding hydrogens is 514 g/mol. The molecule has 0 aliphatic heterocycles. The Kier molecular flexibility index (Phi) is 16.7. The van der Waals surface area contributed by atoms with Crippen LogP contribution < -0.4 is 27.4 Å². The summed E-state index contributed by atoms with van der Waals surface area (Å²) in [5, 5.41) is 17.6. The van der Waals surface area contributed by atoms with E-state index in [-0.39, 0.29) is 12.8 Å². The second kappa shape index (κ2) is 18.9. The Hall–Kier alpha value is -2.28. The summed E-state index contributed by atoms with van der Waals surface area (Å²) in [7, 11) is 0. The highest BCUT2D eigenvalue weighted by Gasteiger charge is 2.30. The van der Waals surface area contributed by atoms with Crippen LogP contribution in [0.2, 0.25) is 0 Å². The SMILES string of the molecule is CSCCC(NC(=O)C(Cc1ccccc1)NC(=O)C(CCSC)NC(=O)C(N)CCCCN)C(=O)O. The lowest BCUT2D eigenvalue weighted by Gasteiger charge is -2.25. The second-order valence-corrected chi connectivity index (χ2v) is 10.6. The first-order chi connectivity index (χ1) is 17.7. The topological polar surface area (TPSA) is 177 Å². The highest BCUT2D eigenvalue weighted by Crippen LogP contribution is 2.09. The fourth-order valence-electron chi connectivity index (χ4n) is 3.52. The summed E-state index contributed by atoms with van der Waals surface area (Å²) in [6.45, 7) is 0.512. The lowest BCUT2D eigenvalue weighted by molar-refractivity contribution is -0.142. The average Bonchev–Trinajstić information content (AvgIpc) is 2.88. The van der Waals surface area contributed by atoms with Crippen LogP contribution in [0.3, 0.4) is 0 Å². The van der Waals surface area contributed by atoms with E-state index in [1.807, 2.05) is 42.8 Å². The molecule has 0 fully saturated rings. The van der Waals surface area contributed by atoms with E-state index in [1.54, 1.807) is 0 Å². The number of carbonyl (C=O) groups excluding carboxylic acids is 3. The van der Waals surface area contributed by atoms with Gasteiger partial charge in [-0.1, -0.05) is 36.8 Å². The maximum Gasteiger partial charge on any atom is 0.326 e. The molecule has 0 heterocycles. The van der Waals surface area contributed by atoms with Gasteiger partial charge in [0.1, 0.15) is 18.1 Å². The zero-order chi connectivity index (χ0) is 27.6. The van der Waals surface area contributed by atoms with Crippen molar-refractivity contribution in [2.75, 3.05) is 30.6 Å². The molecule has 0 aliphatic carbocycles. The van der Waals surface area contributed by atoms with Gasteiger partial charge in [-0.15, -0.1) is 0 Å². The minimum absolute atomic E-state index is 0.162. The summed E-state index contributed by atoms with van der Waals surface area (Å²) in [5.74, 6) is -1.54. The van der Waals surface area contributed by atoms with Gasteiger partial charge in [0, 0.05) is 6.42 Å². The highest BCUT2D eigenvalue weighted by atomic mass is 32.2. The Morgan fingerprint density at radius 1 is 0.811 bits per heavy atom. The molecule has 3 amide bonds. The lowest BCUT2D eigenvalue weighted by Crippen LogP contribution is -2.57. The molecule has 37 heavy (non-hydrogen) atoms. The van der Waals surface area contributed by atoms with Crippen molar-refractivity contribution in [1.29, 1.82) is 0 Å². The molecule has 1 aromatic rings. The molecule has 0 radical (unpaired) electrons. The number of hydrogen-bond donors (Lipinski definition) is 6. The molecule has 1 rings (SSSR count). The Morgan fingerprint density at radius 3 is 1.92 bits per heavy atom. The summed E-state index contributed by atoms with van der Waals surface area (Å²) in [4.78, 5) is 50.7. The predicted molar refractivity (Wildman–Crippen MR) is 150 cm³/mol. The number of aliphatic carboxylic acids is 1. The van der Waals surface area contributed by atoms with Gasteiger partial charge in [0.25, 0.3) is 0 Å². The predicted octanol–water partition coefficient (Wildman–Crippen LogP) is 0.731. The van der Waals surface area contributed by atoms with E-state index in [0.29, 0.717) is 37.3 Å². The summed E-state index contributed by atoms with van der Waals surface area (Å²) in [5.41, 5.74) is 12.3. The van der Waals surface area contributed by atoms with E-state index in [4.69, 9.17) is 11.5 Å². The van der Waals surface area contributed by atoms with Gasteiger partial charge >= 0.3 is 5.97 Å². The van der Waals surface area contributed by atoms with Crippen LogP contribution in [0.15, 0.2) is 30.3 Å². The molecule has 0 saturated carbocycles. The molecule has 12 heteroatoms. The van der Waals surface area contributed by atoms with Crippen LogP contribution in [0.1, 0.15) is 37.7 Å². The third-order valence-electron chi connectivity index (χ3n) is 5.69. The van der Waals surface area contributed by atoms with Crippen molar-refractivity contribution in [1.82, 2.24) is 16.0 Å². The smallest absolute Gasteiger partial charge is 0.326 e. The molecule has 208 valence electrons. The third kappa shape index (κ3) is 13.2. The number of rotatable bonds is 19. The fourth-order valence-corrected chi connectivity index (χ4v) is 4.46. The molecule has 1 aromatic carbocycles. The third-order valence-corrected chi connectivity index (χ3v) is 6.98. The number of unbranched alkanes of at least 4 members (excludes halogenated alkanes) is 1. The summed E-state index contributed by atoms with van der Waals surface area (Å²) >= 11 is 3.00. The van der Waals surface area contributed by atoms with Gasteiger partial charge < -0.3 is 32.5 Å². The van der Waals surface area contributed by atoms with Crippen molar-refractivity contribution in [3.8, 4) is 0 Å². The average molecular weight is 556 g/mol. The second-order valence-electron chi connectivity index (χ2n) is 8.67. The first-order valence-corrected chi connectivity index (χ1v) is 15.1. The minimum Gasteiger partial charge on any atom is -0.480 e. The van der Waals surface area contributed by atoms with Crippen LogP contribution in [0, 0.1) is 0 Å². The normalized spacial score (nSPS) is 14.2. The summed E-state index contributed by atoms with van der Waals surface area (Å²) < 4.78 is 0. The highest BCUT2D eigenvalue weighted by molar-refractivity contribution is 7.98. The van der Waals surface area contributed by atoms with Gasteiger partial charge in [0.15, 0.2) is 0 Å². The minimum atomic E-state index is -1.14. The Morgan fingerprint density at radius 2 is 1.35 bits per heavy atom. The standard InChI is InChI=1S/C25H41N5O5S2/c1-36-14-11-19(28-22(31)18(27)10-6-7-13-26)23(32)30-21(16-17-8-4-3-5-9-17)24(33)29-20(25(34)35)12-15-37-2/h3-5,8-9,18-21H,6-7,10-16,26-27H2,1-2H3,(H,28,31)(H,29,33)(H,30,32)(H,34,35). The van der Waals surface area contributed by atoms with Crippen molar-refractivity contribution in [3.63, 3.8) is 0 Å². The number of benzene rings is 1. The zero-order valence-electron chi connectivity index (χ0n) is 21.6. The van der Waals surface area contributed by atoms with E-state index < -0.39 is 47.9 Å². The van der Waals surface area contributed by atoms with Crippen LogP contribution >= 0.6 is 23.5 Å². The van der Waals surface area contributed by atoms with E-state index in [1.165, 1.54) is 23.5 Å². The molecule has 0 bridgehead atoms. The summed E-state index contributed by atoms with van der Waals surface area (Å²) in [6, 6.07) is 5.35. The number of amides is 3. The van der Waals surface area contributed by atoms with Gasteiger partial charge in [-0.2, -0.15) is 23.5 Å². The molecule has 8 N–H and O–H groups in total. The van der Waals surface area contributed by atoms with Crippen molar-refractivity contribution < 1.29 is 24.3 Å². The van der Waals surface area contributed by atoms with Gasteiger partial charge in [-0.25, -0.2) is 4.79 Å². The van der Waals surface area contributed by atoms with Gasteiger partial charge in [-0.3, -0.25) is 14.4 Å². The molecule has 4 unspecified atom stereocenters. The van der Waals surface area contributed by atoms with Crippen molar-refractivity contribution in [3.05, 3.63) is 35.9 Å². The molecule has 0 aromatic heterocycles. The van der Waals surface area contributed by atoms with Crippen LogP contribution in [0.5, 0.6) is 0 Å². The van der Waals surface area contributed by atoms with Crippen LogP contribution in [0.4, 0.5) is 0 Å². The van der Waals surface area contributed by atoms with Gasteiger partial charge in [0.2, 0.25) is 17.7 Å². The van der Waals surface area contributed by atoms with Gasteiger partial charge in [-0.05, 0) is 61.8 Å². The molecule has 0 aliphatic rings. The number of nitrogens with two attached hydrogens (primary N) is 2. The monoisotopic (exact) mass is 555 g/mol. The first kappa shape index (κ1) is 32.7. The van der Waals surface area contributed by atoms with Crippen LogP contribution in [-0.4, -0.2) is 83.5 Å². The van der Waals surface area contributed by atoms with Crippen molar-refractivity contribution >= 4 is 47.2 Å². The Balaban J connectivity index is 3.03. The largest absolute Gasteiger partial charge is 0.480 e. The van der Waals surface area contributed by atoms with E-state index in [0.717, 1.165) is 12.0 Å². The van der Waals surface area contributed by atoms with Gasteiger partial charge in [0.05, 0.1) is 6.04 Å². The van der Waals surface area contributed by atoms with E-state index in [2.05, 4.69) is 16.0 Å². The lowest BCUT2D eigenvalue weighted by atomic mass is 10.0. The maximum atomic E-state index is 13.3. The fraction of sp³-hybridized carbons (Fsp3) is 0.600. The number of carboxylic acid groups (broad SMARTS) is 1. The first-order valence-electron chi connectivity index (χ1n) is 12.3. The maximum absolute atomic E-state index is 13.3.